The molecule has 0 saturated carbocycles. The standard InChI is InChI=1S/C10H16N4O2S/c1-11-9-8(12-13-17-9)6-14-4-3-7(5-14)10(15)16-2/h7,11H,3-6H2,1-2H3. The summed E-state index contributed by atoms with van der Waals surface area (Å²) in [5.41, 5.74) is 0.947. The SMILES string of the molecule is CNc1snnc1CN1CCC(C(=O)OC)C1. The van der Waals surface area contributed by atoms with E-state index in [0.29, 0.717) is 0 Å². The molecule has 1 aromatic heterocycles. The fourth-order valence-electron chi connectivity index (χ4n) is 2.05. The fourth-order valence-corrected chi connectivity index (χ4v) is 2.57. The highest BCUT2D eigenvalue weighted by Crippen LogP contribution is 2.23. The molecule has 1 atom stereocenters. The monoisotopic (exact) mass is 256 g/mol. The number of nitrogens with one attached hydrogen (secondary N) is 1. The Morgan fingerprint density at radius 2 is 2.53 bits per heavy atom. The Morgan fingerprint density at radius 1 is 1.71 bits per heavy atom. The molecule has 94 valence electrons. The van der Waals surface area contributed by atoms with E-state index in [1.807, 2.05) is 7.05 Å². The van der Waals surface area contributed by atoms with Crippen LogP contribution in [-0.4, -0.2) is 47.7 Å². The zero-order valence-electron chi connectivity index (χ0n) is 9.97. The van der Waals surface area contributed by atoms with Crippen molar-refractivity contribution < 1.29 is 9.53 Å². The summed E-state index contributed by atoms with van der Waals surface area (Å²) in [5, 5.41) is 8.15. The minimum absolute atomic E-state index is 0.00429. The van der Waals surface area contributed by atoms with Crippen LogP contribution < -0.4 is 5.32 Å². The van der Waals surface area contributed by atoms with Crippen LogP contribution in [0.4, 0.5) is 5.00 Å². The Morgan fingerprint density at radius 3 is 3.24 bits per heavy atom. The number of anilines is 1. The lowest BCUT2D eigenvalue weighted by Crippen LogP contribution is -2.24. The largest absolute Gasteiger partial charge is 0.469 e. The van der Waals surface area contributed by atoms with E-state index >= 15 is 0 Å². The Labute approximate surface area is 104 Å². The molecule has 0 amide bonds. The zero-order chi connectivity index (χ0) is 12.3. The topological polar surface area (TPSA) is 67.4 Å². The summed E-state index contributed by atoms with van der Waals surface area (Å²) in [5.74, 6) is -0.109. The second-order valence-electron chi connectivity index (χ2n) is 4.04. The van der Waals surface area contributed by atoms with Crippen LogP contribution in [0.15, 0.2) is 0 Å². The molecule has 0 bridgehead atoms. The lowest BCUT2D eigenvalue weighted by Gasteiger charge is -2.14. The summed E-state index contributed by atoms with van der Waals surface area (Å²) < 4.78 is 8.67. The van der Waals surface area contributed by atoms with Gasteiger partial charge in [0.05, 0.1) is 13.0 Å². The van der Waals surface area contributed by atoms with Crippen molar-refractivity contribution >= 4 is 22.5 Å². The van der Waals surface area contributed by atoms with Crippen LogP contribution in [0.2, 0.25) is 0 Å². The van der Waals surface area contributed by atoms with Crippen LogP contribution in [0.5, 0.6) is 0 Å². The van der Waals surface area contributed by atoms with Gasteiger partial charge in [0.2, 0.25) is 0 Å². The Bertz CT molecular complexity index is 395. The Kier molecular flexibility index (Phi) is 3.90. The molecule has 1 aromatic rings. The first-order valence-corrected chi connectivity index (χ1v) is 6.31. The van der Waals surface area contributed by atoms with E-state index in [0.717, 1.165) is 36.8 Å². The highest BCUT2D eigenvalue weighted by molar-refractivity contribution is 7.10. The molecule has 1 unspecified atom stereocenters. The van der Waals surface area contributed by atoms with Crippen molar-refractivity contribution in [2.75, 3.05) is 32.6 Å². The summed E-state index contributed by atoms with van der Waals surface area (Å²) >= 11 is 1.35. The maximum atomic E-state index is 11.4. The van der Waals surface area contributed by atoms with E-state index in [1.54, 1.807) is 0 Å². The first kappa shape index (κ1) is 12.3. The summed E-state index contributed by atoms with van der Waals surface area (Å²) in [6.07, 6.45) is 0.860. The molecule has 1 N–H and O–H groups in total. The molecule has 1 saturated heterocycles. The van der Waals surface area contributed by atoms with Crippen LogP contribution in [0.1, 0.15) is 12.1 Å². The van der Waals surface area contributed by atoms with Gasteiger partial charge in [0, 0.05) is 31.7 Å². The number of carbonyl (C=O) groups is 1. The molecule has 7 heteroatoms. The summed E-state index contributed by atoms with van der Waals surface area (Å²) in [6.45, 7) is 2.38. The predicted molar refractivity (Wildman–Crippen MR) is 64.9 cm³/mol. The molecule has 1 aliphatic heterocycles. The van der Waals surface area contributed by atoms with Crippen molar-refractivity contribution in [3.8, 4) is 0 Å². The third-order valence-electron chi connectivity index (χ3n) is 2.96. The zero-order valence-corrected chi connectivity index (χ0v) is 10.8. The third kappa shape index (κ3) is 2.73. The van der Waals surface area contributed by atoms with Crippen LogP contribution in [0, 0.1) is 5.92 Å². The molecule has 0 radical (unpaired) electrons. The highest BCUT2D eigenvalue weighted by Gasteiger charge is 2.29. The minimum Gasteiger partial charge on any atom is -0.469 e. The predicted octanol–water partition coefficient (Wildman–Crippen LogP) is 0.575. The first-order valence-electron chi connectivity index (χ1n) is 5.53. The summed E-state index contributed by atoms with van der Waals surface area (Å²) in [4.78, 5) is 13.6. The van der Waals surface area contributed by atoms with E-state index in [-0.39, 0.29) is 11.9 Å². The number of carbonyl (C=O) groups excluding carboxylic acids is 1. The van der Waals surface area contributed by atoms with Gasteiger partial charge in [-0.25, -0.2) is 0 Å². The van der Waals surface area contributed by atoms with E-state index in [1.165, 1.54) is 18.6 Å². The average molecular weight is 256 g/mol. The van der Waals surface area contributed by atoms with Gasteiger partial charge in [-0.3, -0.25) is 9.69 Å². The molecule has 2 rings (SSSR count). The molecule has 17 heavy (non-hydrogen) atoms. The molecule has 1 aliphatic rings. The van der Waals surface area contributed by atoms with Gasteiger partial charge >= 0.3 is 5.97 Å². The highest BCUT2D eigenvalue weighted by atomic mass is 32.1. The number of aromatic nitrogens is 2. The fraction of sp³-hybridized carbons (Fsp3) is 0.700. The number of esters is 1. The summed E-state index contributed by atoms with van der Waals surface area (Å²) in [6, 6.07) is 0. The van der Waals surface area contributed by atoms with Crippen molar-refractivity contribution in [2.24, 2.45) is 5.92 Å². The first-order chi connectivity index (χ1) is 8.24. The summed E-state index contributed by atoms with van der Waals surface area (Å²) in [7, 11) is 3.30. The third-order valence-corrected chi connectivity index (χ3v) is 3.75. The molecule has 0 spiro atoms. The molecule has 2 heterocycles. The molecular weight excluding hydrogens is 240 g/mol. The van der Waals surface area contributed by atoms with Gasteiger partial charge in [0.25, 0.3) is 0 Å². The van der Waals surface area contributed by atoms with Gasteiger partial charge in [-0.05, 0) is 13.0 Å². The van der Waals surface area contributed by atoms with Gasteiger partial charge in [-0.2, -0.15) is 0 Å². The number of ether oxygens (including phenoxy) is 1. The van der Waals surface area contributed by atoms with Gasteiger partial charge in [0.15, 0.2) is 0 Å². The van der Waals surface area contributed by atoms with Crippen LogP contribution in [0.3, 0.4) is 0 Å². The van der Waals surface area contributed by atoms with E-state index < -0.39 is 0 Å². The number of methoxy groups -OCH3 is 1. The second kappa shape index (κ2) is 5.42. The quantitative estimate of drug-likeness (QED) is 0.795. The van der Waals surface area contributed by atoms with Crippen LogP contribution in [-0.2, 0) is 16.1 Å². The number of nitrogens with zero attached hydrogens (tertiary/aromatic N) is 3. The molecule has 6 nitrogen and oxygen atoms in total. The Balaban J connectivity index is 1.92. The van der Waals surface area contributed by atoms with E-state index in [4.69, 9.17) is 4.74 Å². The van der Waals surface area contributed by atoms with Crippen LogP contribution in [0.25, 0.3) is 0 Å². The van der Waals surface area contributed by atoms with Gasteiger partial charge in [-0.15, -0.1) is 5.10 Å². The normalized spacial score (nSPS) is 20.5. The maximum absolute atomic E-state index is 11.4. The minimum atomic E-state index is -0.113. The number of likely N-dealkylation sites (tertiary alicyclic amines) is 1. The van der Waals surface area contributed by atoms with E-state index in [2.05, 4.69) is 19.8 Å². The molecule has 0 aliphatic carbocycles. The van der Waals surface area contributed by atoms with Crippen molar-refractivity contribution in [1.82, 2.24) is 14.5 Å². The van der Waals surface area contributed by atoms with Crippen molar-refractivity contribution in [3.05, 3.63) is 5.69 Å². The van der Waals surface area contributed by atoms with Crippen LogP contribution >= 0.6 is 11.5 Å². The van der Waals surface area contributed by atoms with Gasteiger partial charge < -0.3 is 10.1 Å². The molecule has 1 fully saturated rings. The van der Waals surface area contributed by atoms with Gasteiger partial charge in [-0.1, -0.05) is 4.49 Å². The number of rotatable bonds is 4. The number of hydrogen-bond acceptors (Lipinski definition) is 7. The van der Waals surface area contributed by atoms with Crippen molar-refractivity contribution in [1.29, 1.82) is 0 Å². The Hall–Kier alpha value is -1.21. The van der Waals surface area contributed by atoms with E-state index in [9.17, 15) is 4.79 Å². The number of hydrogen-bond donors (Lipinski definition) is 1. The second-order valence-corrected chi connectivity index (χ2v) is 4.80. The molecular formula is C10H16N4O2S. The maximum Gasteiger partial charge on any atom is 0.310 e. The smallest absolute Gasteiger partial charge is 0.310 e. The van der Waals surface area contributed by atoms with Crippen molar-refractivity contribution in [3.63, 3.8) is 0 Å². The lowest BCUT2D eigenvalue weighted by atomic mass is 10.1. The average Bonchev–Trinajstić information content (AvgIpc) is 2.97. The lowest BCUT2D eigenvalue weighted by molar-refractivity contribution is -0.144. The van der Waals surface area contributed by atoms with Gasteiger partial charge in [0.1, 0.15) is 10.7 Å². The molecule has 0 aromatic carbocycles. The van der Waals surface area contributed by atoms with Crippen molar-refractivity contribution in [2.45, 2.75) is 13.0 Å².